The van der Waals surface area contributed by atoms with Gasteiger partial charge in [-0.05, 0) is 89.3 Å². The topological polar surface area (TPSA) is 68.6 Å². The number of rotatable bonds is 6. The number of nitrogens with zero attached hydrogens (tertiary/aromatic N) is 3. The molecule has 13 heteroatoms. The molecule has 0 spiro atoms. The molecule has 2 saturated heterocycles. The average Bonchev–Trinajstić information content (AvgIpc) is 3.03. The van der Waals surface area contributed by atoms with E-state index >= 15 is 0 Å². The van der Waals surface area contributed by atoms with Gasteiger partial charge in [-0.3, -0.25) is 9.69 Å². The van der Waals surface area contributed by atoms with E-state index in [9.17, 15) is 26.7 Å². The zero-order valence-electron chi connectivity index (χ0n) is 21.7. The fourth-order valence-electron chi connectivity index (χ4n) is 5.74. The molecule has 3 fully saturated rings. The van der Waals surface area contributed by atoms with Gasteiger partial charge in [-0.15, -0.1) is 12.4 Å². The summed E-state index contributed by atoms with van der Waals surface area (Å²) in [7, 11) is 0. The van der Waals surface area contributed by atoms with Gasteiger partial charge in [0, 0.05) is 18.6 Å². The molecule has 0 radical (unpaired) electrons. The van der Waals surface area contributed by atoms with Crippen LogP contribution in [-0.2, 0) is 15.7 Å². The highest BCUT2D eigenvalue weighted by Gasteiger charge is 2.52. The first-order valence-corrected chi connectivity index (χ1v) is 13.2. The molecule has 3 aliphatic rings. The number of hydrogen-bond donors (Lipinski definition) is 1. The molecule has 1 amide bonds. The monoisotopic (exact) mass is 594 g/mol. The van der Waals surface area contributed by atoms with Crippen LogP contribution in [0, 0.1) is 17.2 Å². The number of carbonyl (C=O) groups is 1. The summed E-state index contributed by atoms with van der Waals surface area (Å²) < 4.78 is 74.6. The van der Waals surface area contributed by atoms with Crippen LogP contribution in [0.1, 0.15) is 63.5 Å². The number of ether oxygens (including phenoxy) is 1. The summed E-state index contributed by atoms with van der Waals surface area (Å²) in [5, 5.41) is 11.9. The van der Waals surface area contributed by atoms with E-state index in [1.165, 1.54) is 6.07 Å². The van der Waals surface area contributed by atoms with Crippen molar-refractivity contribution in [3.05, 3.63) is 29.3 Å². The fourth-order valence-corrected chi connectivity index (χ4v) is 6.31. The van der Waals surface area contributed by atoms with Crippen molar-refractivity contribution in [1.82, 2.24) is 10.2 Å². The Hall–Kier alpha value is -2.07. The lowest BCUT2D eigenvalue weighted by molar-refractivity contribution is -0.137. The molecule has 1 aromatic rings. The molecule has 0 aromatic heterocycles. The van der Waals surface area contributed by atoms with E-state index in [1.54, 1.807) is 24.8 Å². The maximum absolute atomic E-state index is 14.0. The first-order valence-electron chi connectivity index (χ1n) is 12.8. The van der Waals surface area contributed by atoms with Crippen molar-refractivity contribution in [2.24, 2.45) is 5.92 Å². The van der Waals surface area contributed by atoms with E-state index in [0.717, 1.165) is 17.0 Å². The van der Waals surface area contributed by atoms with Crippen LogP contribution in [0.15, 0.2) is 18.2 Å². The van der Waals surface area contributed by atoms with Gasteiger partial charge in [0.1, 0.15) is 5.54 Å². The third-order valence-corrected chi connectivity index (χ3v) is 8.25. The van der Waals surface area contributed by atoms with Crippen molar-refractivity contribution in [3.63, 3.8) is 0 Å². The van der Waals surface area contributed by atoms with Crippen LogP contribution >= 0.6 is 24.6 Å². The molecule has 39 heavy (non-hydrogen) atoms. The Bertz CT molecular complexity index is 1120. The minimum atomic E-state index is -4.76. The first kappa shape index (κ1) is 31.5. The molecule has 1 atom stereocenters. The molecule has 4 rings (SSSR count). The van der Waals surface area contributed by atoms with Crippen molar-refractivity contribution in [2.75, 3.05) is 24.6 Å². The predicted octanol–water partition coefficient (Wildman–Crippen LogP) is 5.67. The van der Waals surface area contributed by atoms with Crippen LogP contribution in [-0.4, -0.2) is 59.2 Å². The van der Waals surface area contributed by atoms with Crippen molar-refractivity contribution < 1.29 is 31.5 Å². The fraction of sp³-hybridized carbons (Fsp3) is 0.654. The summed E-state index contributed by atoms with van der Waals surface area (Å²) >= 11 is 5.62. The van der Waals surface area contributed by atoms with Gasteiger partial charge in [-0.1, -0.05) is 0 Å². The number of nitrogens with one attached hydrogen (secondary N) is 1. The molecule has 1 unspecified atom stereocenters. The second-order valence-electron chi connectivity index (χ2n) is 10.7. The number of halogens is 6. The highest BCUT2D eigenvalue weighted by atomic mass is 35.5. The van der Waals surface area contributed by atoms with Gasteiger partial charge in [-0.2, -0.15) is 18.4 Å². The van der Waals surface area contributed by atoms with E-state index in [-0.39, 0.29) is 48.5 Å². The Labute approximate surface area is 236 Å². The molecule has 1 aliphatic carbocycles. The number of hydrogen-bond acceptors (Lipinski definition) is 5. The number of carbonyl (C=O) groups excluding carboxylic acids is 1. The number of benzene rings is 1. The molecule has 1 aromatic carbocycles. The van der Waals surface area contributed by atoms with Crippen LogP contribution in [0.3, 0.4) is 0 Å². The van der Waals surface area contributed by atoms with Gasteiger partial charge < -0.3 is 15.0 Å². The van der Waals surface area contributed by atoms with Crippen LogP contribution in [0.2, 0.25) is 0 Å². The zero-order valence-corrected chi connectivity index (χ0v) is 23.3. The van der Waals surface area contributed by atoms with E-state index in [2.05, 4.69) is 5.32 Å². The largest absolute Gasteiger partial charge is 0.417 e. The quantitative estimate of drug-likeness (QED) is 0.338. The number of alkyl halides is 5. The van der Waals surface area contributed by atoms with E-state index in [4.69, 9.17) is 22.2 Å². The number of anilines is 1. The molecular formula is C26H32ClF5N4O2S. The lowest BCUT2D eigenvalue weighted by atomic mass is 9.89. The van der Waals surface area contributed by atoms with E-state index in [0.29, 0.717) is 45.1 Å². The van der Waals surface area contributed by atoms with Gasteiger partial charge >= 0.3 is 6.18 Å². The minimum absolute atomic E-state index is 0. The van der Waals surface area contributed by atoms with Gasteiger partial charge in [0.05, 0.1) is 35.5 Å². The van der Waals surface area contributed by atoms with E-state index in [1.807, 2.05) is 0 Å². The number of nitriles is 1. The Morgan fingerprint density at radius 3 is 2.44 bits per heavy atom. The second kappa shape index (κ2) is 11.8. The number of piperidine rings is 1. The van der Waals surface area contributed by atoms with Crippen LogP contribution in [0.25, 0.3) is 0 Å². The average molecular weight is 595 g/mol. The minimum Gasteiger partial charge on any atom is -0.378 e. The highest BCUT2D eigenvalue weighted by Crippen LogP contribution is 2.41. The molecule has 6 nitrogen and oxygen atoms in total. The highest BCUT2D eigenvalue weighted by molar-refractivity contribution is 7.80. The molecule has 1 saturated carbocycles. The smallest absolute Gasteiger partial charge is 0.378 e. The standard InChI is InChI=1S/C26H31F5N4O2S.ClH/c1-24(2)22(36)34(19-4-3-16(14-32)21(13-19)26(29,30)31)23(38)35(24)18-5-7-20(8-6-18)37-12-10-17-9-11-33-15-25(17,27)28;/h3-4,13,17-18,20,33H,5-12,15H2,1-2H3;1H. The Kier molecular flexibility index (Phi) is 9.52. The molecular weight excluding hydrogens is 563 g/mol. The van der Waals surface area contributed by atoms with Gasteiger partial charge in [-0.25, -0.2) is 8.78 Å². The summed E-state index contributed by atoms with van der Waals surface area (Å²) in [6.07, 6.45) is -1.54. The Morgan fingerprint density at radius 1 is 1.18 bits per heavy atom. The summed E-state index contributed by atoms with van der Waals surface area (Å²) in [5.74, 6) is -3.87. The predicted molar refractivity (Wildman–Crippen MR) is 142 cm³/mol. The molecule has 2 aliphatic heterocycles. The Balaban J connectivity index is 0.00000420. The third kappa shape index (κ3) is 6.32. The first-order chi connectivity index (χ1) is 17.8. The van der Waals surface area contributed by atoms with Crippen LogP contribution in [0.4, 0.5) is 27.6 Å². The zero-order chi connectivity index (χ0) is 27.9. The molecule has 1 N–H and O–H groups in total. The van der Waals surface area contributed by atoms with Gasteiger partial charge in [0.25, 0.3) is 11.8 Å². The van der Waals surface area contributed by atoms with Crippen molar-refractivity contribution in [3.8, 4) is 6.07 Å². The van der Waals surface area contributed by atoms with Crippen LogP contribution < -0.4 is 10.2 Å². The summed E-state index contributed by atoms with van der Waals surface area (Å²) in [4.78, 5) is 16.3. The summed E-state index contributed by atoms with van der Waals surface area (Å²) in [6, 6.07) is 4.56. The van der Waals surface area contributed by atoms with Crippen LogP contribution in [0.5, 0.6) is 0 Å². The lowest BCUT2D eigenvalue weighted by Gasteiger charge is -2.41. The summed E-state index contributed by atoms with van der Waals surface area (Å²) in [5.41, 5.74) is -2.77. The normalized spacial score (nSPS) is 26.8. The van der Waals surface area contributed by atoms with Crippen molar-refractivity contribution in [2.45, 2.75) is 82.2 Å². The third-order valence-electron chi connectivity index (χ3n) is 7.87. The summed E-state index contributed by atoms with van der Waals surface area (Å²) in [6.45, 7) is 3.92. The molecule has 2 heterocycles. The lowest BCUT2D eigenvalue weighted by Crippen LogP contribution is -2.51. The molecule has 0 bridgehead atoms. The molecule has 216 valence electrons. The second-order valence-corrected chi connectivity index (χ2v) is 11.1. The van der Waals surface area contributed by atoms with Gasteiger partial charge in [0.2, 0.25) is 0 Å². The number of thiocarbonyl (C=S) groups is 1. The van der Waals surface area contributed by atoms with Gasteiger partial charge in [0.15, 0.2) is 5.11 Å². The van der Waals surface area contributed by atoms with Crippen molar-refractivity contribution >= 4 is 41.3 Å². The van der Waals surface area contributed by atoms with Crippen molar-refractivity contribution in [1.29, 1.82) is 5.26 Å². The number of amides is 1. The maximum atomic E-state index is 14.0. The van der Waals surface area contributed by atoms with E-state index < -0.39 is 40.6 Å². The Morgan fingerprint density at radius 2 is 1.85 bits per heavy atom. The SMILES string of the molecule is CC1(C)C(=O)N(c2ccc(C#N)c(C(F)(F)F)c2)C(=S)N1C1CCC(OCCC2CCNCC2(F)F)CC1.Cl. The maximum Gasteiger partial charge on any atom is 0.417 e.